The minimum absolute atomic E-state index is 0.338. The molecule has 1 aromatic rings. The van der Waals surface area contributed by atoms with Crippen LogP contribution < -0.4 is 5.73 Å². The van der Waals surface area contributed by atoms with E-state index in [2.05, 4.69) is 11.2 Å². The van der Waals surface area contributed by atoms with Gasteiger partial charge in [-0.1, -0.05) is 6.42 Å². The van der Waals surface area contributed by atoms with Crippen molar-refractivity contribution < 1.29 is 0 Å². The molecular formula is C10H14N4. The molecule has 1 aromatic heterocycles. The van der Waals surface area contributed by atoms with Crippen molar-refractivity contribution in [3.8, 4) is 6.07 Å². The van der Waals surface area contributed by atoms with Gasteiger partial charge >= 0.3 is 0 Å². The summed E-state index contributed by atoms with van der Waals surface area (Å²) in [5.74, 6) is 0.488. The molecule has 0 spiro atoms. The Morgan fingerprint density at radius 1 is 1.64 bits per heavy atom. The summed E-state index contributed by atoms with van der Waals surface area (Å²) in [6, 6.07) is 4.25. The van der Waals surface area contributed by atoms with Crippen molar-refractivity contribution in [2.45, 2.75) is 25.3 Å². The quantitative estimate of drug-likeness (QED) is 0.758. The highest BCUT2D eigenvalue weighted by atomic mass is 15.3. The van der Waals surface area contributed by atoms with Crippen molar-refractivity contribution >= 4 is 0 Å². The Morgan fingerprint density at radius 2 is 2.50 bits per heavy atom. The zero-order valence-electron chi connectivity index (χ0n) is 8.06. The molecule has 1 heterocycles. The van der Waals surface area contributed by atoms with E-state index in [4.69, 9.17) is 11.0 Å². The number of rotatable bonds is 2. The predicted molar refractivity (Wildman–Crippen MR) is 52.4 cm³/mol. The van der Waals surface area contributed by atoms with Crippen molar-refractivity contribution in [3.63, 3.8) is 0 Å². The molecule has 0 amide bonds. The Hall–Kier alpha value is -1.34. The van der Waals surface area contributed by atoms with Crippen LogP contribution in [0.4, 0.5) is 0 Å². The lowest BCUT2D eigenvalue weighted by Crippen LogP contribution is -2.23. The normalized spacial score (nSPS) is 26.3. The molecule has 1 aliphatic carbocycles. The first-order valence-electron chi connectivity index (χ1n) is 5.00. The van der Waals surface area contributed by atoms with E-state index in [1.807, 2.05) is 4.68 Å². The highest BCUT2D eigenvalue weighted by Crippen LogP contribution is 2.35. The summed E-state index contributed by atoms with van der Waals surface area (Å²) >= 11 is 0. The van der Waals surface area contributed by atoms with Crippen molar-refractivity contribution in [1.82, 2.24) is 9.78 Å². The molecule has 2 atom stereocenters. The summed E-state index contributed by atoms with van der Waals surface area (Å²) in [5, 5.41) is 13.1. The van der Waals surface area contributed by atoms with Gasteiger partial charge in [-0.15, -0.1) is 0 Å². The summed E-state index contributed by atoms with van der Waals surface area (Å²) in [4.78, 5) is 0. The number of aromatic nitrogens is 2. The molecule has 2 unspecified atom stereocenters. The van der Waals surface area contributed by atoms with Gasteiger partial charge in [-0.05, 0) is 31.4 Å². The fourth-order valence-corrected chi connectivity index (χ4v) is 2.28. The van der Waals surface area contributed by atoms with Gasteiger partial charge in [-0.3, -0.25) is 4.68 Å². The SMILES string of the molecule is N#Cc1ccnn1C1CCCC1CN. The van der Waals surface area contributed by atoms with Crippen LogP contribution in [0.15, 0.2) is 12.3 Å². The molecule has 0 bridgehead atoms. The van der Waals surface area contributed by atoms with E-state index in [0.717, 1.165) is 12.8 Å². The minimum Gasteiger partial charge on any atom is -0.330 e. The summed E-state index contributed by atoms with van der Waals surface area (Å²) in [7, 11) is 0. The second kappa shape index (κ2) is 3.81. The fraction of sp³-hybridized carbons (Fsp3) is 0.600. The van der Waals surface area contributed by atoms with Crippen molar-refractivity contribution in [2.24, 2.45) is 11.7 Å². The lowest BCUT2D eigenvalue weighted by atomic mass is 10.0. The number of nitriles is 1. The maximum absolute atomic E-state index is 8.88. The van der Waals surface area contributed by atoms with E-state index in [1.165, 1.54) is 6.42 Å². The average Bonchev–Trinajstić information content (AvgIpc) is 2.85. The van der Waals surface area contributed by atoms with Gasteiger partial charge in [0.2, 0.25) is 0 Å². The summed E-state index contributed by atoms with van der Waals surface area (Å²) in [5.41, 5.74) is 6.35. The first-order valence-corrected chi connectivity index (χ1v) is 5.00. The van der Waals surface area contributed by atoms with E-state index in [-0.39, 0.29) is 0 Å². The van der Waals surface area contributed by atoms with Gasteiger partial charge in [0, 0.05) is 0 Å². The smallest absolute Gasteiger partial charge is 0.138 e. The second-order valence-electron chi connectivity index (χ2n) is 3.77. The standard InChI is InChI=1S/C10H14N4/c11-6-8-2-1-3-10(8)14-9(7-12)4-5-13-14/h4-5,8,10H,1-3,6,11H2. The van der Waals surface area contributed by atoms with Crippen LogP contribution in [0.25, 0.3) is 0 Å². The van der Waals surface area contributed by atoms with Gasteiger partial charge in [-0.2, -0.15) is 10.4 Å². The van der Waals surface area contributed by atoms with Crippen LogP contribution >= 0.6 is 0 Å². The van der Waals surface area contributed by atoms with Crippen molar-refractivity contribution in [3.05, 3.63) is 18.0 Å². The molecule has 74 valence electrons. The lowest BCUT2D eigenvalue weighted by Gasteiger charge is -2.18. The molecule has 0 aromatic carbocycles. The van der Waals surface area contributed by atoms with Crippen LogP contribution in [0.5, 0.6) is 0 Å². The number of nitrogens with two attached hydrogens (primary N) is 1. The highest BCUT2D eigenvalue weighted by Gasteiger charge is 2.29. The Kier molecular flexibility index (Phi) is 2.51. The predicted octanol–water partition coefficient (Wildman–Crippen LogP) is 1.05. The molecule has 0 saturated heterocycles. The largest absolute Gasteiger partial charge is 0.330 e. The number of hydrogen-bond acceptors (Lipinski definition) is 3. The Labute approximate surface area is 83.3 Å². The van der Waals surface area contributed by atoms with E-state index in [1.54, 1.807) is 12.3 Å². The van der Waals surface area contributed by atoms with Gasteiger partial charge < -0.3 is 5.73 Å². The van der Waals surface area contributed by atoms with Crippen LogP contribution in [0, 0.1) is 17.2 Å². The molecule has 1 fully saturated rings. The molecule has 2 N–H and O–H groups in total. The van der Waals surface area contributed by atoms with Gasteiger partial charge in [0.1, 0.15) is 11.8 Å². The summed E-state index contributed by atoms with van der Waals surface area (Å²) in [6.45, 7) is 0.690. The van der Waals surface area contributed by atoms with E-state index in [0.29, 0.717) is 24.2 Å². The first kappa shape index (κ1) is 9.22. The van der Waals surface area contributed by atoms with Crippen LogP contribution in [0.2, 0.25) is 0 Å². The topological polar surface area (TPSA) is 67.6 Å². The molecule has 4 nitrogen and oxygen atoms in total. The van der Waals surface area contributed by atoms with Gasteiger partial charge in [0.05, 0.1) is 12.2 Å². The van der Waals surface area contributed by atoms with Gasteiger partial charge in [0.15, 0.2) is 0 Å². The molecule has 1 saturated carbocycles. The molecule has 2 rings (SSSR count). The Morgan fingerprint density at radius 3 is 3.21 bits per heavy atom. The van der Waals surface area contributed by atoms with E-state index >= 15 is 0 Å². The zero-order valence-corrected chi connectivity index (χ0v) is 8.06. The van der Waals surface area contributed by atoms with Crippen molar-refractivity contribution in [2.75, 3.05) is 6.54 Å². The lowest BCUT2D eigenvalue weighted by molar-refractivity contribution is 0.356. The maximum Gasteiger partial charge on any atom is 0.138 e. The maximum atomic E-state index is 8.88. The van der Waals surface area contributed by atoms with Gasteiger partial charge in [0.25, 0.3) is 0 Å². The monoisotopic (exact) mass is 190 g/mol. The molecular weight excluding hydrogens is 176 g/mol. The fourth-order valence-electron chi connectivity index (χ4n) is 2.28. The molecule has 0 aliphatic heterocycles. The third-order valence-electron chi connectivity index (χ3n) is 3.02. The molecule has 0 radical (unpaired) electrons. The zero-order chi connectivity index (χ0) is 9.97. The summed E-state index contributed by atoms with van der Waals surface area (Å²) < 4.78 is 1.84. The van der Waals surface area contributed by atoms with Crippen LogP contribution in [0.3, 0.4) is 0 Å². The molecule has 14 heavy (non-hydrogen) atoms. The number of nitrogens with zero attached hydrogens (tertiary/aromatic N) is 3. The summed E-state index contributed by atoms with van der Waals surface area (Å²) in [6.07, 6.45) is 5.13. The number of hydrogen-bond donors (Lipinski definition) is 1. The van der Waals surface area contributed by atoms with Crippen molar-refractivity contribution in [1.29, 1.82) is 5.26 Å². The molecule has 4 heteroatoms. The van der Waals surface area contributed by atoms with Crippen LogP contribution in [0.1, 0.15) is 31.0 Å². The van der Waals surface area contributed by atoms with E-state index < -0.39 is 0 Å². The second-order valence-corrected chi connectivity index (χ2v) is 3.77. The van der Waals surface area contributed by atoms with Crippen LogP contribution in [-0.4, -0.2) is 16.3 Å². The highest BCUT2D eigenvalue weighted by molar-refractivity contribution is 5.19. The third-order valence-corrected chi connectivity index (χ3v) is 3.02. The van der Waals surface area contributed by atoms with E-state index in [9.17, 15) is 0 Å². The Balaban J connectivity index is 2.26. The first-order chi connectivity index (χ1) is 6.86. The molecule has 1 aliphatic rings. The van der Waals surface area contributed by atoms with Gasteiger partial charge in [-0.25, -0.2) is 0 Å². The minimum atomic E-state index is 0.338. The third kappa shape index (κ3) is 1.40. The Bertz CT molecular complexity index is 349. The average molecular weight is 190 g/mol. The van der Waals surface area contributed by atoms with Crippen LogP contribution in [-0.2, 0) is 0 Å².